The number of hydrogen-bond donors (Lipinski definition) is 2. The second-order valence-corrected chi connectivity index (χ2v) is 7.11. The van der Waals surface area contributed by atoms with Crippen molar-refractivity contribution >= 4 is 17.7 Å². The lowest BCUT2D eigenvalue weighted by Gasteiger charge is -2.03. The van der Waals surface area contributed by atoms with E-state index in [0.29, 0.717) is 18.7 Å². The van der Waals surface area contributed by atoms with Gasteiger partial charge in [-0.2, -0.15) is 5.10 Å². The third-order valence-electron chi connectivity index (χ3n) is 3.85. The van der Waals surface area contributed by atoms with E-state index >= 15 is 0 Å². The molecule has 5 nitrogen and oxygen atoms in total. The van der Waals surface area contributed by atoms with Crippen LogP contribution in [0.15, 0.2) is 59.5 Å². The van der Waals surface area contributed by atoms with Crippen LogP contribution in [0.2, 0.25) is 0 Å². The average Bonchev–Trinajstić information content (AvgIpc) is 3.10. The van der Waals surface area contributed by atoms with Crippen LogP contribution >= 0.6 is 11.8 Å². The molecule has 1 amide bonds. The Kier molecular flexibility index (Phi) is 6.44. The normalized spacial score (nSPS) is 10.7. The van der Waals surface area contributed by atoms with E-state index in [1.807, 2.05) is 30.3 Å². The van der Waals surface area contributed by atoms with Crippen molar-refractivity contribution in [3.05, 3.63) is 77.4 Å². The number of amides is 1. The molecular weight excluding hydrogens is 344 g/mol. The summed E-state index contributed by atoms with van der Waals surface area (Å²) in [6, 6.07) is 18.3. The first-order chi connectivity index (χ1) is 12.7. The molecule has 6 heteroatoms. The highest BCUT2D eigenvalue weighted by atomic mass is 32.2. The van der Waals surface area contributed by atoms with Crippen molar-refractivity contribution in [2.45, 2.75) is 24.7 Å². The van der Waals surface area contributed by atoms with Crippen molar-refractivity contribution < 1.29 is 4.79 Å². The Hall–Kier alpha value is -2.60. The SMILES string of the molecule is Cc1ccc(Cc2nc(CCNC(=O)CSc3ccccc3)n[nH]2)cc1. The molecule has 0 saturated carbocycles. The van der Waals surface area contributed by atoms with E-state index in [2.05, 4.69) is 51.7 Å². The van der Waals surface area contributed by atoms with Crippen LogP contribution < -0.4 is 5.32 Å². The summed E-state index contributed by atoms with van der Waals surface area (Å²) in [4.78, 5) is 17.5. The van der Waals surface area contributed by atoms with Crippen LogP contribution in [-0.2, 0) is 17.6 Å². The van der Waals surface area contributed by atoms with Crippen molar-refractivity contribution in [2.75, 3.05) is 12.3 Å². The fourth-order valence-electron chi connectivity index (χ4n) is 2.46. The molecule has 0 bridgehead atoms. The molecule has 3 aromatic rings. The van der Waals surface area contributed by atoms with E-state index < -0.39 is 0 Å². The number of aryl methyl sites for hydroxylation is 1. The standard InChI is InChI=1S/C20H22N4OS/c1-15-7-9-16(10-8-15)13-19-22-18(23-24-19)11-12-21-20(25)14-26-17-5-3-2-4-6-17/h2-10H,11-14H2,1H3,(H,21,25)(H,22,23,24). The zero-order chi connectivity index (χ0) is 18.2. The molecule has 134 valence electrons. The Morgan fingerprint density at radius 3 is 2.65 bits per heavy atom. The summed E-state index contributed by atoms with van der Waals surface area (Å²) in [5.41, 5.74) is 2.44. The van der Waals surface area contributed by atoms with Gasteiger partial charge in [0, 0.05) is 24.3 Å². The minimum absolute atomic E-state index is 0.0225. The highest BCUT2D eigenvalue weighted by Crippen LogP contribution is 2.16. The molecule has 2 aromatic carbocycles. The lowest BCUT2D eigenvalue weighted by atomic mass is 10.1. The topological polar surface area (TPSA) is 70.7 Å². The Morgan fingerprint density at radius 2 is 1.88 bits per heavy atom. The first kappa shape index (κ1) is 18.2. The third kappa shape index (κ3) is 5.74. The van der Waals surface area contributed by atoms with Gasteiger partial charge >= 0.3 is 0 Å². The number of hydrogen-bond acceptors (Lipinski definition) is 4. The minimum Gasteiger partial charge on any atom is -0.355 e. The van der Waals surface area contributed by atoms with Gasteiger partial charge in [-0.25, -0.2) is 4.98 Å². The van der Waals surface area contributed by atoms with E-state index in [9.17, 15) is 4.79 Å². The van der Waals surface area contributed by atoms with Gasteiger partial charge in [-0.05, 0) is 24.6 Å². The zero-order valence-corrected chi connectivity index (χ0v) is 15.6. The number of nitrogens with one attached hydrogen (secondary N) is 2. The van der Waals surface area contributed by atoms with E-state index in [1.165, 1.54) is 22.9 Å². The van der Waals surface area contributed by atoms with Crippen LogP contribution in [0.5, 0.6) is 0 Å². The van der Waals surface area contributed by atoms with Gasteiger partial charge in [0.25, 0.3) is 0 Å². The number of rotatable bonds is 8. The van der Waals surface area contributed by atoms with Gasteiger partial charge < -0.3 is 5.32 Å². The Morgan fingerprint density at radius 1 is 1.12 bits per heavy atom. The Labute approximate surface area is 157 Å². The second kappa shape index (κ2) is 9.20. The molecule has 0 aliphatic carbocycles. The van der Waals surface area contributed by atoms with E-state index in [0.717, 1.165) is 23.0 Å². The largest absolute Gasteiger partial charge is 0.355 e. The highest BCUT2D eigenvalue weighted by molar-refractivity contribution is 8.00. The molecule has 2 N–H and O–H groups in total. The quantitative estimate of drug-likeness (QED) is 0.601. The maximum Gasteiger partial charge on any atom is 0.230 e. The predicted octanol–water partition coefficient (Wildman–Crippen LogP) is 3.15. The summed E-state index contributed by atoms with van der Waals surface area (Å²) < 4.78 is 0. The molecule has 26 heavy (non-hydrogen) atoms. The third-order valence-corrected chi connectivity index (χ3v) is 4.87. The predicted molar refractivity (Wildman–Crippen MR) is 104 cm³/mol. The Balaban J connectivity index is 1.39. The molecular formula is C20H22N4OS. The smallest absolute Gasteiger partial charge is 0.230 e. The maximum atomic E-state index is 11.9. The van der Waals surface area contributed by atoms with Crippen molar-refractivity contribution in [2.24, 2.45) is 0 Å². The molecule has 0 fully saturated rings. The van der Waals surface area contributed by atoms with Crippen molar-refractivity contribution in [3.63, 3.8) is 0 Å². The van der Waals surface area contributed by atoms with Gasteiger partial charge in [0.1, 0.15) is 5.82 Å². The van der Waals surface area contributed by atoms with E-state index in [4.69, 9.17) is 0 Å². The lowest BCUT2D eigenvalue weighted by Crippen LogP contribution is -2.27. The summed E-state index contributed by atoms with van der Waals surface area (Å²) in [5, 5.41) is 10.1. The van der Waals surface area contributed by atoms with E-state index in [1.54, 1.807) is 0 Å². The molecule has 0 aliphatic heterocycles. The first-order valence-corrected chi connectivity index (χ1v) is 9.58. The number of H-pyrrole nitrogens is 1. The summed E-state index contributed by atoms with van der Waals surface area (Å²) in [6.45, 7) is 2.61. The molecule has 0 spiro atoms. The van der Waals surface area contributed by atoms with Crippen LogP contribution in [0, 0.1) is 6.92 Å². The van der Waals surface area contributed by atoms with Gasteiger partial charge in [0.15, 0.2) is 5.82 Å². The Bertz CT molecular complexity index is 831. The second-order valence-electron chi connectivity index (χ2n) is 6.06. The molecule has 1 heterocycles. The van der Waals surface area contributed by atoms with Gasteiger partial charge in [0.05, 0.1) is 5.75 Å². The minimum atomic E-state index is 0.0225. The number of thioether (sulfide) groups is 1. The van der Waals surface area contributed by atoms with Crippen molar-refractivity contribution in [3.8, 4) is 0 Å². The van der Waals surface area contributed by atoms with Crippen LogP contribution in [0.4, 0.5) is 0 Å². The van der Waals surface area contributed by atoms with Crippen LogP contribution in [-0.4, -0.2) is 33.4 Å². The summed E-state index contributed by atoms with van der Waals surface area (Å²) in [7, 11) is 0. The van der Waals surface area contributed by atoms with Crippen molar-refractivity contribution in [1.29, 1.82) is 0 Å². The number of benzene rings is 2. The molecule has 0 radical (unpaired) electrons. The molecule has 0 aliphatic rings. The van der Waals surface area contributed by atoms with Gasteiger partial charge in [-0.1, -0.05) is 48.0 Å². The molecule has 0 atom stereocenters. The molecule has 1 aromatic heterocycles. The lowest BCUT2D eigenvalue weighted by molar-refractivity contribution is -0.118. The number of aromatic amines is 1. The zero-order valence-electron chi connectivity index (χ0n) is 14.7. The van der Waals surface area contributed by atoms with E-state index in [-0.39, 0.29) is 5.91 Å². The molecule has 0 unspecified atom stereocenters. The number of carbonyl (C=O) groups is 1. The molecule has 0 saturated heterocycles. The molecule has 3 rings (SSSR count). The van der Waals surface area contributed by atoms with Crippen LogP contribution in [0.25, 0.3) is 0 Å². The van der Waals surface area contributed by atoms with Crippen LogP contribution in [0.1, 0.15) is 22.8 Å². The maximum absolute atomic E-state index is 11.9. The van der Waals surface area contributed by atoms with Gasteiger partial charge in [-0.15, -0.1) is 11.8 Å². The van der Waals surface area contributed by atoms with Crippen molar-refractivity contribution in [1.82, 2.24) is 20.5 Å². The first-order valence-electron chi connectivity index (χ1n) is 8.59. The van der Waals surface area contributed by atoms with Gasteiger partial charge in [0.2, 0.25) is 5.91 Å². The van der Waals surface area contributed by atoms with Crippen LogP contribution in [0.3, 0.4) is 0 Å². The van der Waals surface area contributed by atoms with Gasteiger partial charge in [-0.3, -0.25) is 9.89 Å². The number of aromatic nitrogens is 3. The fraction of sp³-hybridized carbons (Fsp3) is 0.250. The number of nitrogens with zero attached hydrogens (tertiary/aromatic N) is 2. The monoisotopic (exact) mass is 366 g/mol. The number of carbonyl (C=O) groups excluding carboxylic acids is 1. The average molecular weight is 366 g/mol. The highest BCUT2D eigenvalue weighted by Gasteiger charge is 2.06. The summed E-state index contributed by atoms with van der Waals surface area (Å²) >= 11 is 1.53. The summed E-state index contributed by atoms with van der Waals surface area (Å²) in [6.07, 6.45) is 1.35. The summed E-state index contributed by atoms with van der Waals surface area (Å²) in [5.74, 6) is 2.00. The fourth-order valence-corrected chi connectivity index (χ4v) is 3.20.